The Morgan fingerprint density at radius 1 is 0.750 bits per heavy atom. The maximum Gasteiger partial charge on any atom is 0.313 e. The van der Waals surface area contributed by atoms with Crippen LogP contribution in [0.15, 0.2) is 48.5 Å². The zero-order chi connectivity index (χ0) is 23.0. The Labute approximate surface area is 198 Å². The van der Waals surface area contributed by atoms with Gasteiger partial charge in [-0.3, -0.25) is 4.79 Å². The summed E-state index contributed by atoms with van der Waals surface area (Å²) < 4.78 is 16.6. The lowest BCUT2D eigenvalue weighted by molar-refractivity contribution is -0.144. The van der Waals surface area contributed by atoms with Gasteiger partial charge in [-0.15, -0.1) is 0 Å². The minimum absolute atomic E-state index is 0.188. The largest absolute Gasteiger partial charge is 0.494 e. The summed E-state index contributed by atoms with van der Waals surface area (Å²) in [5.74, 6) is 1.30. The van der Waals surface area contributed by atoms with Crippen molar-refractivity contribution in [2.45, 2.75) is 71.1 Å². The third-order valence-corrected chi connectivity index (χ3v) is 5.66. The Balaban J connectivity index is 1.42. The molecule has 0 aliphatic rings. The summed E-state index contributed by atoms with van der Waals surface area (Å²) in [7, 11) is 0. The number of carbonyl (C=O) groups is 1. The SMILES string of the molecule is CCOC(=O)C(C)c1ccc(OCCCCCCCCCCOc2ccc(Cl)cc2)cc1. The molecule has 1 atom stereocenters. The molecular weight excluding hydrogens is 424 g/mol. The molecule has 32 heavy (non-hydrogen) atoms. The van der Waals surface area contributed by atoms with E-state index in [-0.39, 0.29) is 11.9 Å². The van der Waals surface area contributed by atoms with Crippen LogP contribution in [-0.4, -0.2) is 25.8 Å². The second-order valence-corrected chi connectivity index (χ2v) is 8.46. The molecule has 5 heteroatoms. The van der Waals surface area contributed by atoms with E-state index in [9.17, 15) is 4.79 Å². The first-order valence-electron chi connectivity index (χ1n) is 11.9. The number of carbonyl (C=O) groups excluding carboxylic acids is 1. The third kappa shape index (κ3) is 10.4. The van der Waals surface area contributed by atoms with Crippen LogP contribution in [0.5, 0.6) is 11.5 Å². The Kier molecular flexibility index (Phi) is 12.7. The molecule has 0 bridgehead atoms. The molecule has 0 N–H and O–H groups in total. The van der Waals surface area contributed by atoms with Crippen molar-refractivity contribution in [2.24, 2.45) is 0 Å². The van der Waals surface area contributed by atoms with Gasteiger partial charge in [-0.2, -0.15) is 0 Å². The van der Waals surface area contributed by atoms with E-state index in [4.69, 9.17) is 25.8 Å². The molecule has 0 saturated heterocycles. The van der Waals surface area contributed by atoms with Crippen molar-refractivity contribution in [1.29, 1.82) is 0 Å². The van der Waals surface area contributed by atoms with E-state index in [2.05, 4.69) is 0 Å². The topological polar surface area (TPSA) is 44.8 Å². The predicted octanol–water partition coefficient (Wildman–Crippen LogP) is 7.59. The van der Waals surface area contributed by atoms with E-state index in [0.29, 0.717) is 6.61 Å². The van der Waals surface area contributed by atoms with Gasteiger partial charge in [0.1, 0.15) is 11.5 Å². The zero-order valence-corrected chi connectivity index (χ0v) is 20.2. The molecule has 2 aromatic carbocycles. The van der Waals surface area contributed by atoms with Crippen LogP contribution < -0.4 is 9.47 Å². The lowest BCUT2D eigenvalue weighted by atomic mass is 10.0. The molecule has 2 aromatic rings. The van der Waals surface area contributed by atoms with Crippen LogP contribution in [0.3, 0.4) is 0 Å². The van der Waals surface area contributed by atoms with Crippen molar-refractivity contribution in [3.05, 3.63) is 59.1 Å². The summed E-state index contributed by atoms with van der Waals surface area (Å²) >= 11 is 5.87. The maximum atomic E-state index is 11.8. The van der Waals surface area contributed by atoms with Crippen LogP contribution in [0.2, 0.25) is 5.02 Å². The normalized spacial score (nSPS) is 11.7. The highest BCUT2D eigenvalue weighted by molar-refractivity contribution is 6.30. The van der Waals surface area contributed by atoms with E-state index in [1.807, 2.05) is 62.4 Å². The number of unbranched alkanes of at least 4 members (excludes halogenated alkanes) is 7. The average Bonchev–Trinajstić information content (AvgIpc) is 2.81. The first-order chi connectivity index (χ1) is 15.6. The highest BCUT2D eigenvalue weighted by Crippen LogP contribution is 2.21. The van der Waals surface area contributed by atoms with Gasteiger partial charge in [-0.25, -0.2) is 0 Å². The summed E-state index contributed by atoms with van der Waals surface area (Å²) in [5, 5.41) is 0.736. The summed E-state index contributed by atoms with van der Waals surface area (Å²) in [6, 6.07) is 15.3. The van der Waals surface area contributed by atoms with Gasteiger partial charge >= 0.3 is 5.97 Å². The van der Waals surface area contributed by atoms with Gasteiger partial charge in [0.2, 0.25) is 0 Å². The van der Waals surface area contributed by atoms with Crippen molar-refractivity contribution in [1.82, 2.24) is 0 Å². The summed E-state index contributed by atoms with van der Waals surface area (Å²) in [6.45, 7) is 5.59. The molecular formula is C27H37ClO4. The monoisotopic (exact) mass is 460 g/mol. The van der Waals surface area contributed by atoms with Crippen LogP contribution in [0, 0.1) is 0 Å². The molecule has 176 valence electrons. The standard InChI is InChI=1S/C27H37ClO4/c1-3-30-27(29)22(2)23-12-16-25(17-13-23)31-20-10-8-6-4-5-7-9-11-21-32-26-18-14-24(28)15-19-26/h12-19,22H,3-11,20-21H2,1-2H3. The van der Waals surface area contributed by atoms with E-state index in [0.717, 1.165) is 48.1 Å². The molecule has 0 saturated carbocycles. The number of benzene rings is 2. The van der Waals surface area contributed by atoms with E-state index < -0.39 is 0 Å². The smallest absolute Gasteiger partial charge is 0.313 e. The summed E-state index contributed by atoms with van der Waals surface area (Å²) in [4.78, 5) is 11.8. The minimum Gasteiger partial charge on any atom is -0.494 e. The van der Waals surface area contributed by atoms with Crippen molar-refractivity contribution < 1.29 is 19.0 Å². The van der Waals surface area contributed by atoms with Gasteiger partial charge in [0.05, 0.1) is 25.7 Å². The minimum atomic E-state index is -0.250. The van der Waals surface area contributed by atoms with Gasteiger partial charge in [0, 0.05) is 5.02 Å². The second-order valence-electron chi connectivity index (χ2n) is 8.02. The fourth-order valence-corrected chi connectivity index (χ4v) is 3.56. The number of halogens is 1. The van der Waals surface area contributed by atoms with Crippen LogP contribution in [0.4, 0.5) is 0 Å². The van der Waals surface area contributed by atoms with E-state index >= 15 is 0 Å². The molecule has 0 amide bonds. The predicted molar refractivity (Wildman–Crippen MR) is 131 cm³/mol. The van der Waals surface area contributed by atoms with Gasteiger partial charge in [0.25, 0.3) is 0 Å². The molecule has 0 heterocycles. The lowest BCUT2D eigenvalue weighted by Crippen LogP contribution is -2.12. The number of esters is 1. The highest BCUT2D eigenvalue weighted by atomic mass is 35.5. The molecule has 4 nitrogen and oxygen atoms in total. The van der Waals surface area contributed by atoms with Crippen molar-refractivity contribution in [3.63, 3.8) is 0 Å². The second kappa shape index (κ2) is 15.6. The Morgan fingerprint density at radius 3 is 1.66 bits per heavy atom. The molecule has 0 spiro atoms. The number of hydrogen-bond acceptors (Lipinski definition) is 4. The molecule has 2 rings (SSSR count). The third-order valence-electron chi connectivity index (χ3n) is 5.41. The number of rotatable bonds is 16. The van der Waals surface area contributed by atoms with E-state index in [1.165, 1.54) is 38.5 Å². The summed E-state index contributed by atoms with van der Waals surface area (Å²) in [6.07, 6.45) is 9.63. The lowest BCUT2D eigenvalue weighted by Gasteiger charge is -2.12. The fraction of sp³-hybridized carbons (Fsp3) is 0.519. The van der Waals surface area contributed by atoms with Gasteiger partial charge in [0.15, 0.2) is 0 Å². The molecule has 0 radical (unpaired) electrons. The van der Waals surface area contributed by atoms with Gasteiger partial charge in [-0.1, -0.05) is 62.3 Å². The van der Waals surface area contributed by atoms with Crippen LogP contribution >= 0.6 is 11.6 Å². The van der Waals surface area contributed by atoms with Gasteiger partial charge in [-0.05, 0) is 68.7 Å². The van der Waals surface area contributed by atoms with Crippen LogP contribution in [-0.2, 0) is 9.53 Å². The van der Waals surface area contributed by atoms with Crippen molar-refractivity contribution in [3.8, 4) is 11.5 Å². The Hall–Kier alpha value is -2.20. The Bertz CT molecular complexity index is 758. The van der Waals surface area contributed by atoms with Crippen LogP contribution in [0.25, 0.3) is 0 Å². The first-order valence-corrected chi connectivity index (χ1v) is 12.3. The van der Waals surface area contributed by atoms with Crippen molar-refractivity contribution >= 4 is 17.6 Å². The Morgan fingerprint density at radius 2 is 1.19 bits per heavy atom. The maximum absolute atomic E-state index is 11.8. The molecule has 0 fully saturated rings. The number of ether oxygens (including phenoxy) is 3. The fourth-order valence-electron chi connectivity index (χ4n) is 3.43. The number of hydrogen-bond donors (Lipinski definition) is 0. The van der Waals surface area contributed by atoms with Crippen LogP contribution in [0.1, 0.15) is 76.7 Å². The molecule has 0 aliphatic carbocycles. The molecule has 0 aliphatic heterocycles. The highest BCUT2D eigenvalue weighted by Gasteiger charge is 2.16. The van der Waals surface area contributed by atoms with Crippen molar-refractivity contribution in [2.75, 3.05) is 19.8 Å². The first kappa shape index (κ1) is 26.1. The van der Waals surface area contributed by atoms with E-state index in [1.54, 1.807) is 0 Å². The zero-order valence-electron chi connectivity index (χ0n) is 19.5. The molecule has 0 aromatic heterocycles. The van der Waals surface area contributed by atoms with Gasteiger partial charge < -0.3 is 14.2 Å². The quantitative estimate of drug-likeness (QED) is 0.191. The average molecular weight is 461 g/mol. The summed E-state index contributed by atoms with van der Waals surface area (Å²) in [5.41, 5.74) is 0.951. The molecule has 1 unspecified atom stereocenters.